The van der Waals surface area contributed by atoms with Gasteiger partial charge < -0.3 is 19.9 Å². The summed E-state index contributed by atoms with van der Waals surface area (Å²) in [5, 5.41) is 12.5. The SMILES string of the molecule is COc1ccnc(C(=O)N[C@@H](C)C(=O)O[C@@H](C)[C@H](Sc2ccccc2)c2ccc(C)cc2)c1O. The highest BCUT2D eigenvalue weighted by molar-refractivity contribution is 7.99. The second kappa shape index (κ2) is 11.6. The second-order valence-corrected chi connectivity index (χ2v) is 9.02. The Morgan fingerprint density at radius 1 is 1.03 bits per heavy atom. The molecule has 3 atom stereocenters. The standard InChI is InChI=1S/C26H28N2O5S/c1-16-10-12-19(13-11-16)24(34-20-8-6-5-7-9-20)18(3)33-26(31)17(2)28-25(30)22-23(29)21(32-4)14-15-27-22/h5-15,17-18,24,29H,1-4H3,(H,28,30)/t17-,18-,24-/m0/s1. The van der Waals surface area contributed by atoms with Crippen LogP contribution in [0.4, 0.5) is 0 Å². The number of esters is 1. The quantitative estimate of drug-likeness (QED) is 0.339. The number of nitrogens with zero attached hydrogens (tertiary/aromatic N) is 1. The average Bonchev–Trinajstić information content (AvgIpc) is 2.83. The molecule has 8 heteroatoms. The Morgan fingerprint density at radius 2 is 1.71 bits per heavy atom. The number of rotatable bonds is 9. The number of carbonyl (C=O) groups excluding carboxylic acids is 2. The van der Waals surface area contributed by atoms with Gasteiger partial charge in [-0.2, -0.15) is 0 Å². The van der Waals surface area contributed by atoms with Crippen molar-refractivity contribution in [3.63, 3.8) is 0 Å². The van der Waals surface area contributed by atoms with Crippen LogP contribution in [0.5, 0.6) is 11.5 Å². The molecule has 1 amide bonds. The van der Waals surface area contributed by atoms with Crippen LogP contribution in [0.15, 0.2) is 71.8 Å². The fourth-order valence-electron chi connectivity index (χ4n) is 3.27. The molecule has 2 aromatic carbocycles. The van der Waals surface area contributed by atoms with Gasteiger partial charge in [-0.3, -0.25) is 4.79 Å². The third-order valence-electron chi connectivity index (χ3n) is 5.16. The minimum absolute atomic E-state index is 0.114. The van der Waals surface area contributed by atoms with E-state index in [2.05, 4.69) is 10.3 Å². The van der Waals surface area contributed by atoms with Gasteiger partial charge in [-0.05, 0) is 38.5 Å². The number of aromatic nitrogens is 1. The monoisotopic (exact) mass is 480 g/mol. The molecular weight excluding hydrogens is 452 g/mol. The maximum Gasteiger partial charge on any atom is 0.328 e. The lowest BCUT2D eigenvalue weighted by atomic mass is 10.1. The summed E-state index contributed by atoms with van der Waals surface area (Å²) in [5.41, 5.74) is 1.94. The molecule has 0 saturated carbocycles. The Kier molecular flexibility index (Phi) is 8.54. The van der Waals surface area contributed by atoms with Crippen LogP contribution in [0.2, 0.25) is 0 Å². The van der Waals surface area contributed by atoms with Gasteiger partial charge in [0.05, 0.1) is 12.4 Å². The lowest BCUT2D eigenvalue weighted by molar-refractivity contribution is -0.150. The number of amides is 1. The molecule has 3 rings (SSSR count). The van der Waals surface area contributed by atoms with E-state index in [1.807, 2.05) is 68.4 Å². The lowest BCUT2D eigenvalue weighted by Gasteiger charge is -2.26. The maximum absolute atomic E-state index is 12.8. The first-order chi connectivity index (χ1) is 16.3. The minimum Gasteiger partial charge on any atom is -0.503 e. The molecular formula is C26H28N2O5S. The molecule has 0 spiro atoms. The van der Waals surface area contributed by atoms with E-state index in [1.165, 1.54) is 26.3 Å². The molecule has 0 aliphatic carbocycles. The van der Waals surface area contributed by atoms with Crippen LogP contribution in [0, 0.1) is 6.92 Å². The zero-order valence-corrected chi connectivity index (χ0v) is 20.3. The Morgan fingerprint density at radius 3 is 2.35 bits per heavy atom. The van der Waals surface area contributed by atoms with Crippen molar-refractivity contribution in [3.05, 3.63) is 83.7 Å². The van der Waals surface area contributed by atoms with Gasteiger partial charge in [0.1, 0.15) is 12.1 Å². The molecule has 2 N–H and O–H groups in total. The molecule has 1 aromatic heterocycles. The summed E-state index contributed by atoms with van der Waals surface area (Å²) in [6, 6.07) is 18.5. The van der Waals surface area contributed by atoms with E-state index in [4.69, 9.17) is 9.47 Å². The Balaban J connectivity index is 1.71. The molecule has 3 aromatic rings. The number of aromatic hydroxyl groups is 1. The second-order valence-electron chi connectivity index (χ2n) is 7.81. The number of carbonyl (C=O) groups is 2. The number of hydrogen-bond donors (Lipinski definition) is 2. The Bertz CT molecular complexity index is 1120. The molecule has 0 unspecified atom stereocenters. The van der Waals surface area contributed by atoms with E-state index in [0.29, 0.717) is 0 Å². The topological polar surface area (TPSA) is 97.8 Å². The molecule has 0 bridgehead atoms. The van der Waals surface area contributed by atoms with Gasteiger partial charge in [-0.25, -0.2) is 9.78 Å². The minimum atomic E-state index is -0.956. The van der Waals surface area contributed by atoms with Crippen molar-refractivity contribution in [2.24, 2.45) is 0 Å². The molecule has 1 heterocycles. The van der Waals surface area contributed by atoms with E-state index >= 15 is 0 Å². The summed E-state index contributed by atoms with van der Waals surface area (Å²) in [5.74, 6) is -1.57. The molecule has 0 aliphatic heterocycles. The van der Waals surface area contributed by atoms with Crippen LogP contribution in [0.1, 0.15) is 40.7 Å². The summed E-state index contributed by atoms with van der Waals surface area (Å²) < 4.78 is 10.8. The van der Waals surface area contributed by atoms with E-state index in [9.17, 15) is 14.7 Å². The van der Waals surface area contributed by atoms with Gasteiger partial charge in [-0.15, -0.1) is 11.8 Å². The number of ether oxygens (including phenoxy) is 2. The van der Waals surface area contributed by atoms with Crippen LogP contribution in [-0.4, -0.2) is 41.2 Å². The highest BCUT2D eigenvalue weighted by Gasteiger charge is 2.28. The van der Waals surface area contributed by atoms with Crippen molar-refractivity contribution in [2.45, 2.75) is 43.1 Å². The fourth-order valence-corrected chi connectivity index (χ4v) is 4.42. The molecule has 178 valence electrons. The highest BCUT2D eigenvalue weighted by Crippen LogP contribution is 2.39. The summed E-state index contributed by atoms with van der Waals surface area (Å²) in [6.07, 6.45) is 0.856. The van der Waals surface area contributed by atoms with E-state index in [0.717, 1.165) is 16.0 Å². The van der Waals surface area contributed by atoms with Crippen molar-refractivity contribution in [1.29, 1.82) is 0 Å². The average molecular weight is 481 g/mol. The van der Waals surface area contributed by atoms with Crippen LogP contribution >= 0.6 is 11.8 Å². The van der Waals surface area contributed by atoms with Gasteiger partial charge in [0.15, 0.2) is 17.2 Å². The zero-order chi connectivity index (χ0) is 24.7. The van der Waals surface area contributed by atoms with Gasteiger partial charge in [0.25, 0.3) is 5.91 Å². The molecule has 0 aliphatic rings. The fraction of sp³-hybridized carbons (Fsp3) is 0.269. The van der Waals surface area contributed by atoms with Gasteiger partial charge in [0.2, 0.25) is 0 Å². The molecule has 0 radical (unpaired) electrons. The number of aryl methyl sites for hydroxylation is 1. The van der Waals surface area contributed by atoms with Crippen molar-refractivity contribution in [3.8, 4) is 11.5 Å². The molecule has 0 fully saturated rings. The predicted molar refractivity (Wildman–Crippen MR) is 131 cm³/mol. The molecule has 34 heavy (non-hydrogen) atoms. The summed E-state index contributed by atoms with van der Waals surface area (Å²) in [7, 11) is 1.37. The largest absolute Gasteiger partial charge is 0.503 e. The van der Waals surface area contributed by atoms with Gasteiger partial charge >= 0.3 is 5.97 Å². The van der Waals surface area contributed by atoms with Gasteiger partial charge in [0, 0.05) is 17.2 Å². The first kappa shape index (κ1) is 25.1. The normalized spacial score (nSPS) is 13.4. The molecule has 7 nitrogen and oxygen atoms in total. The van der Waals surface area contributed by atoms with Crippen LogP contribution < -0.4 is 10.1 Å². The summed E-state index contributed by atoms with van der Waals surface area (Å²) >= 11 is 1.60. The van der Waals surface area contributed by atoms with E-state index in [-0.39, 0.29) is 16.7 Å². The Hall–Kier alpha value is -3.52. The number of nitrogens with one attached hydrogen (secondary N) is 1. The first-order valence-corrected chi connectivity index (χ1v) is 11.7. The first-order valence-electron chi connectivity index (χ1n) is 10.8. The van der Waals surface area contributed by atoms with Crippen LogP contribution in [-0.2, 0) is 9.53 Å². The predicted octanol–water partition coefficient (Wildman–Crippen LogP) is 4.69. The Labute approximate surface area is 203 Å². The number of thioether (sulfide) groups is 1. The molecule has 0 saturated heterocycles. The van der Waals surface area contributed by atoms with Crippen LogP contribution in [0.3, 0.4) is 0 Å². The third-order valence-corrected chi connectivity index (χ3v) is 6.62. The van der Waals surface area contributed by atoms with Crippen molar-refractivity contribution < 1.29 is 24.2 Å². The number of benzene rings is 2. The summed E-state index contributed by atoms with van der Waals surface area (Å²) in [4.78, 5) is 30.3. The number of methoxy groups -OCH3 is 1. The van der Waals surface area contributed by atoms with Crippen molar-refractivity contribution in [2.75, 3.05) is 7.11 Å². The van der Waals surface area contributed by atoms with E-state index < -0.39 is 29.8 Å². The zero-order valence-electron chi connectivity index (χ0n) is 19.5. The smallest absolute Gasteiger partial charge is 0.328 e. The van der Waals surface area contributed by atoms with Gasteiger partial charge in [-0.1, -0.05) is 48.0 Å². The van der Waals surface area contributed by atoms with Crippen molar-refractivity contribution in [1.82, 2.24) is 10.3 Å². The maximum atomic E-state index is 12.8. The third kappa shape index (κ3) is 6.29. The number of pyridine rings is 1. The van der Waals surface area contributed by atoms with Crippen molar-refractivity contribution >= 4 is 23.6 Å². The highest BCUT2D eigenvalue weighted by atomic mass is 32.2. The lowest BCUT2D eigenvalue weighted by Crippen LogP contribution is -2.41. The van der Waals surface area contributed by atoms with E-state index in [1.54, 1.807) is 11.8 Å². The number of hydrogen-bond acceptors (Lipinski definition) is 7. The van der Waals surface area contributed by atoms with Crippen LogP contribution in [0.25, 0.3) is 0 Å². The summed E-state index contributed by atoms with van der Waals surface area (Å²) in [6.45, 7) is 5.38.